The van der Waals surface area contributed by atoms with Crippen LogP contribution in [0.5, 0.6) is 0 Å². The Kier molecular flexibility index (Phi) is 3.85. The van der Waals surface area contributed by atoms with Crippen LogP contribution in [0, 0.1) is 5.92 Å². The van der Waals surface area contributed by atoms with Crippen LogP contribution in [0.4, 0.5) is 0 Å². The van der Waals surface area contributed by atoms with Crippen molar-refractivity contribution in [2.75, 3.05) is 13.1 Å². The predicted molar refractivity (Wildman–Crippen MR) is 70.4 cm³/mol. The third-order valence-corrected chi connectivity index (χ3v) is 3.93. The number of hydrogen-bond acceptors (Lipinski definition) is 3. The molecule has 18 heavy (non-hydrogen) atoms. The molecule has 2 atom stereocenters. The summed E-state index contributed by atoms with van der Waals surface area (Å²) in [4.78, 5) is 0. The maximum absolute atomic E-state index is 6.01. The minimum absolute atomic E-state index is 0.0935. The zero-order valence-electron chi connectivity index (χ0n) is 10.3. The van der Waals surface area contributed by atoms with Gasteiger partial charge in [-0.2, -0.15) is 0 Å². The Bertz CT molecular complexity index is 418. The number of ether oxygens (including phenoxy) is 2. The van der Waals surface area contributed by atoms with Crippen LogP contribution < -0.4 is 5.32 Å². The van der Waals surface area contributed by atoms with E-state index in [-0.39, 0.29) is 6.29 Å². The lowest BCUT2D eigenvalue weighted by molar-refractivity contribution is -0.181. The second-order valence-corrected chi connectivity index (χ2v) is 5.45. The number of nitrogens with one attached hydrogen (secondary N) is 1. The van der Waals surface area contributed by atoms with E-state index in [1.54, 1.807) is 0 Å². The Morgan fingerprint density at radius 1 is 1.17 bits per heavy atom. The van der Waals surface area contributed by atoms with Gasteiger partial charge in [-0.25, -0.2) is 0 Å². The van der Waals surface area contributed by atoms with E-state index < -0.39 is 0 Å². The first kappa shape index (κ1) is 12.4. The van der Waals surface area contributed by atoms with E-state index in [9.17, 15) is 0 Å². The lowest BCUT2D eigenvalue weighted by Gasteiger charge is -2.29. The highest BCUT2D eigenvalue weighted by molar-refractivity contribution is 6.30. The first-order chi connectivity index (χ1) is 8.83. The summed E-state index contributed by atoms with van der Waals surface area (Å²) in [5.74, 6) is 0.462. The fourth-order valence-corrected chi connectivity index (χ4v) is 2.84. The van der Waals surface area contributed by atoms with E-state index in [0.29, 0.717) is 19.1 Å². The molecule has 0 bridgehead atoms. The molecule has 1 aromatic carbocycles. The molecule has 1 aromatic rings. The standard InChI is InChI=1S/C14H18ClNO2/c15-13-4-3-11-8-17-14(18-9-12(11)6-13)10-2-1-5-16-7-10/h3-4,6,10,14,16H,1-2,5,7-9H2. The van der Waals surface area contributed by atoms with Crippen molar-refractivity contribution in [3.05, 3.63) is 34.3 Å². The minimum Gasteiger partial charge on any atom is -0.348 e. The molecule has 3 nitrogen and oxygen atoms in total. The summed E-state index contributed by atoms with van der Waals surface area (Å²) in [7, 11) is 0. The monoisotopic (exact) mass is 267 g/mol. The summed E-state index contributed by atoms with van der Waals surface area (Å²) in [6.45, 7) is 3.31. The summed E-state index contributed by atoms with van der Waals surface area (Å²) >= 11 is 6.01. The van der Waals surface area contributed by atoms with Crippen LogP contribution >= 0.6 is 11.6 Å². The molecule has 3 rings (SSSR count). The van der Waals surface area contributed by atoms with Gasteiger partial charge < -0.3 is 14.8 Å². The summed E-state index contributed by atoms with van der Waals surface area (Å²) < 4.78 is 11.8. The van der Waals surface area contributed by atoms with E-state index in [4.69, 9.17) is 21.1 Å². The summed E-state index contributed by atoms with van der Waals surface area (Å²) in [5, 5.41) is 4.16. The maximum atomic E-state index is 6.01. The fourth-order valence-electron chi connectivity index (χ4n) is 2.64. The Balaban J connectivity index is 1.70. The maximum Gasteiger partial charge on any atom is 0.162 e. The number of rotatable bonds is 1. The molecular weight excluding hydrogens is 250 g/mol. The molecule has 2 aliphatic rings. The van der Waals surface area contributed by atoms with Crippen LogP contribution in [0.15, 0.2) is 18.2 Å². The Morgan fingerprint density at radius 2 is 2.00 bits per heavy atom. The van der Waals surface area contributed by atoms with E-state index in [0.717, 1.165) is 23.7 Å². The number of benzene rings is 1. The van der Waals surface area contributed by atoms with Crippen molar-refractivity contribution in [1.29, 1.82) is 0 Å². The topological polar surface area (TPSA) is 30.5 Å². The van der Waals surface area contributed by atoms with Crippen molar-refractivity contribution in [2.24, 2.45) is 5.92 Å². The summed E-state index contributed by atoms with van der Waals surface area (Å²) in [6.07, 6.45) is 2.28. The molecule has 0 radical (unpaired) electrons. The lowest BCUT2D eigenvalue weighted by Crippen LogP contribution is -2.38. The largest absolute Gasteiger partial charge is 0.348 e. The Labute approximate surface area is 112 Å². The molecule has 0 aromatic heterocycles. The van der Waals surface area contributed by atoms with Gasteiger partial charge in [-0.15, -0.1) is 0 Å². The highest BCUT2D eigenvalue weighted by Gasteiger charge is 2.27. The van der Waals surface area contributed by atoms with Gasteiger partial charge in [0.25, 0.3) is 0 Å². The van der Waals surface area contributed by atoms with Crippen LogP contribution in [-0.2, 0) is 22.7 Å². The van der Waals surface area contributed by atoms with Gasteiger partial charge in [0.1, 0.15) is 0 Å². The van der Waals surface area contributed by atoms with E-state index >= 15 is 0 Å². The van der Waals surface area contributed by atoms with Crippen molar-refractivity contribution in [3.63, 3.8) is 0 Å². The first-order valence-corrected chi connectivity index (χ1v) is 6.92. The number of piperidine rings is 1. The zero-order valence-corrected chi connectivity index (χ0v) is 11.1. The second-order valence-electron chi connectivity index (χ2n) is 5.01. The fraction of sp³-hybridized carbons (Fsp3) is 0.571. The minimum atomic E-state index is -0.0935. The third-order valence-electron chi connectivity index (χ3n) is 3.69. The quantitative estimate of drug-likeness (QED) is 0.849. The van der Waals surface area contributed by atoms with Crippen LogP contribution in [0.3, 0.4) is 0 Å². The van der Waals surface area contributed by atoms with Crippen molar-refractivity contribution in [3.8, 4) is 0 Å². The van der Waals surface area contributed by atoms with Gasteiger partial charge in [0.15, 0.2) is 6.29 Å². The molecule has 2 unspecified atom stereocenters. The van der Waals surface area contributed by atoms with Crippen molar-refractivity contribution >= 4 is 11.6 Å². The predicted octanol–water partition coefficient (Wildman–Crippen LogP) is 2.71. The van der Waals surface area contributed by atoms with Crippen molar-refractivity contribution in [1.82, 2.24) is 5.32 Å². The van der Waals surface area contributed by atoms with Crippen LogP contribution in [-0.4, -0.2) is 19.4 Å². The normalized spacial score (nSPS) is 28.5. The van der Waals surface area contributed by atoms with Crippen LogP contribution in [0.1, 0.15) is 24.0 Å². The molecule has 1 fully saturated rings. The lowest BCUT2D eigenvalue weighted by atomic mass is 9.99. The SMILES string of the molecule is Clc1ccc2c(c1)COC(C1CCCNC1)OC2. The molecule has 1 saturated heterocycles. The molecule has 0 aliphatic carbocycles. The molecule has 2 aliphatic heterocycles. The zero-order chi connectivity index (χ0) is 12.4. The molecule has 1 N–H and O–H groups in total. The third kappa shape index (κ3) is 2.69. The van der Waals surface area contributed by atoms with Gasteiger partial charge in [0.2, 0.25) is 0 Å². The van der Waals surface area contributed by atoms with Gasteiger partial charge in [0.05, 0.1) is 13.2 Å². The second kappa shape index (κ2) is 5.57. The van der Waals surface area contributed by atoms with E-state index in [2.05, 4.69) is 5.32 Å². The molecule has 98 valence electrons. The highest BCUT2D eigenvalue weighted by atomic mass is 35.5. The van der Waals surface area contributed by atoms with Crippen LogP contribution in [0.25, 0.3) is 0 Å². The first-order valence-electron chi connectivity index (χ1n) is 6.54. The Morgan fingerprint density at radius 3 is 2.78 bits per heavy atom. The van der Waals surface area contributed by atoms with Gasteiger partial charge in [-0.05, 0) is 42.6 Å². The van der Waals surface area contributed by atoms with Crippen molar-refractivity contribution in [2.45, 2.75) is 32.3 Å². The average molecular weight is 268 g/mol. The molecule has 4 heteroatoms. The molecular formula is C14H18ClNO2. The number of fused-ring (bicyclic) bond motifs is 1. The smallest absolute Gasteiger partial charge is 0.162 e. The van der Waals surface area contributed by atoms with E-state index in [1.807, 2.05) is 18.2 Å². The Hall–Kier alpha value is -0.610. The molecule has 0 spiro atoms. The van der Waals surface area contributed by atoms with Crippen molar-refractivity contribution < 1.29 is 9.47 Å². The molecule has 2 heterocycles. The summed E-state index contributed by atoms with van der Waals surface area (Å²) in [5.41, 5.74) is 2.33. The van der Waals surface area contributed by atoms with Crippen LogP contribution in [0.2, 0.25) is 5.02 Å². The van der Waals surface area contributed by atoms with Gasteiger partial charge >= 0.3 is 0 Å². The van der Waals surface area contributed by atoms with Gasteiger partial charge in [-0.1, -0.05) is 17.7 Å². The summed E-state index contributed by atoms with van der Waals surface area (Å²) in [6, 6.07) is 5.91. The van der Waals surface area contributed by atoms with E-state index in [1.165, 1.54) is 18.4 Å². The number of halogens is 1. The molecule has 0 saturated carbocycles. The average Bonchev–Trinajstić information content (AvgIpc) is 2.62. The number of hydrogen-bond donors (Lipinski definition) is 1. The van der Waals surface area contributed by atoms with Gasteiger partial charge in [0, 0.05) is 17.5 Å². The van der Waals surface area contributed by atoms with Gasteiger partial charge in [-0.3, -0.25) is 0 Å². The highest BCUT2D eigenvalue weighted by Crippen LogP contribution is 2.26. The molecule has 0 amide bonds.